The average Bonchev–Trinajstić information content (AvgIpc) is 2.74. The highest BCUT2D eigenvalue weighted by Crippen LogP contribution is 2.27. The zero-order chi connectivity index (χ0) is 23.7. The SMILES string of the molecule is COc1cc(F)c(CC(=O)NC(=N)N[C@H](CC2CCCCC2)C(=O)NCC(C)C)c(F)c1. The molecular weight excluding hydrogens is 418 g/mol. The highest BCUT2D eigenvalue weighted by molar-refractivity contribution is 5.98. The number of ether oxygens (including phenoxy) is 1. The topological polar surface area (TPSA) is 103 Å². The number of rotatable bonds is 9. The fraction of sp³-hybridized carbons (Fsp3) is 0.609. The largest absolute Gasteiger partial charge is 0.497 e. The van der Waals surface area contributed by atoms with Crippen molar-refractivity contribution >= 4 is 17.8 Å². The molecule has 4 N–H and O–H groups in total. The Hall–Kier alpha value is -2.71. The molecule has 0 aliphatic heterocycles. The molecule has 1 aliphatic rings. The van der Waals surface area contributed by atoms with Crippen LogP contribution in [0.25, 0.3) is 0 Å². The number of benzene rings is 1. The summed E-state index contributed by atoms with van der Waals surface area (Å²) < 4.78 is 33.0. The summed E-state index contributed by atoms with van der Waals surface area (Å²) in [6.07, 6.45) is 5.48. The van der Waals surface area contributed by atoms with Gasteiger partial charge in [0.25, 0.3) is 0 Å². The van der Waals surface area contributed by atoms with Crippen LogP contribution in [0.1, 0.15) is 57.9 Å². The first-order valence-corrected chi connectivity index (χ1v) is 11.1. The summed E-state index contributed by atoms with van der Waals surface area (Å²) in [4.78, 5) is 25.0. The molecule has 0 aromatic heterocycles. The Bertz CT molecular complexity index is 787. The van der Waals surface area contributed by atoms with Crippen molar-refractivity contribution in [1.82, 2.24) is 16.0 Å². The summed E-state index contributed by atoms with van der Waals surface area (Å²) in [6.45, 7) is 4.49. The van der Waals surface area contributed by atoms with E-state index in [1.165, 1.54) is 13.5 Å². The van der Waals surface area contributed by atoms with E-state index >= 15 is 0 Å². The van der Waals surface area contributed by atoms with Crippen molar-refractivity contribution in [3.63, 3.8) is 0 Å². The molecule has 2 amide bonds. The lowest BCUT2D eigenvalue weighted by Gasteiger charge is -2.27. The van der Waals surface area contributed by atoms with E-state index < -0.39 is 35.6 Å². The predicted octanol–water partition coefficient (Wildman–Crippen LogP) is 3.27. The third-order valence-corrected chi connectivity index (χ3v) is 5.57. The van der Waals surface area contributed by atoms with Crippen LogP contribution in [-0.4, -0.2) is 37.5 Å². The summed E-state index contributed by atoms with van der Waals surface area (Å²) in [5.41, 5.74) is -0.412. The number of amides is 2. The minimum atomic E-state index is -0.903. The van der Waals surface area contributed by atoms with Crippen LogP contribution in [0.5, 0.6) is 5.75 Å². The minimum Gasteiger partial charge on any atom is -0.497 e. The molecule has 1 aromatic carbocycles. The number of methoxy groups -OCH3 is 1. The summed E-state index contributed by atoms with van der Waals surface area (Å²) in [5, 5.41) is 16.0. The lowest BCUT2D eigenvalue weighted by atomic mass is 9.84. The molecule has 0 radical (unpaired) electrons. The number of carbonyl (C=O) groups excluding carboxylic acids is 2. The minimum absolute atomic E-state index is 0.0107. The van der Waals surface area contributed by atoms with Gasteiger partial charge in [-0.2, -0.15) is 0 Å². The maximum absolute atomic E-state index is 14.1. The Morgan fingerprint density at radius 1 is 1.16 bits per heavy atom. The van der Waals surface area contributed by atoms with Crippen molar-refractivity contribution in [1.29, 1.82) is 5.41 Å². The Balaban J connectivity index is 1.98. The third kappa shape index (κ3) is 8.09. The summed E-state index contributed by atoms with van der Waals surface area (Å²) in [7, 11) is 1.29. The molecule has 1 saturated carbocycles. The van der Waals surface area contributed by atoms with E-state index in [4.69, 9.17) is 10.1 Å². The second-order valence-corrected chi connectivity index (χ2v) is 8.75. The van der Waals surface area contributed by atoms with Crippen molar-refractivity contribution in [3.8, 4) is 5.75 Å². The molecule has 0 spiro atoms. The van der Waals surface area contributed by atoms with Crippen LogP contribution in [0, 0.1) is 28.9 Å². The number of halogens is 2. The van der Waals surface area contributed by atoms with E-state index in [9.17, 15) is 18.4 Å². The van der Waals surface area contributed by atoms with Gasteiger partial charge in [0.1, 0.15) is 23.4 Å². The average molecular weight is 453 g/mol. The van der Waals surface area contributed by atoms with E-state index in [0.29, 0.717) is 18.9 Å². The summed E-state index contributed by atoms with van der Waals surface area (Å²) in [6, 6.07) is 1.32. The van der Waals surface area contributed by atoms with E-state index in [-0.39, 0.29) is 23.5 Å². The van der Waals surface area contributed by atoms with Crippen molar-refractivity contribution in [2.75, 3.05) is 13.7 Å². The van der Waals surface area contributed by atoms with Crippen LogP contribution >= 0.6 is 0 Å². The molecule has 0 bridgehead atoms. The number of nitrogens with one attached hydrogen (secondary N) is 4. The van der Waals surface area contributed by atoms with E-state index in [1.807, 2.05) is 13.8 Å². The van der Waals surface area contributed by atoms with E-state index in [1.54, 1.807) is 0 Å². The van der Waals surface area contributed by atoms with Gasteiger partial charge in [0.15, 0.2) is 5.96 Å². The molecule has 0 heterocycles. The van der Waals surface area contributed by atoms with Gasteiger partial charge in [0.05, 0.1) is 13.5 Å². The molecule has 7 nitrogen and oxygen atoms in total. The third-order valence-electron chi connectivity index (χ3n) is 5.57. The quantitative estimate of drug-likeness (QED) is 0.341. The van der Waals surface area contributed by atoms with Crippen LogP contribution in [0.3, 0.4) is 0 Å². The van der Waals surface area contributed by atoms with Crippen LogP contribution in [-0.2, 0) is 16.0 Å². The van der Waals surface area contributed by atoms with Gasteiger partial charge in [-0.3, -0.25) is 20.3 Å². The molecule has 1 fully saturated rings. The van der Waals surface area contributed by atoms with Gasteiger partial charge in [-0.05, 0) is 18.3 Å². The molecule has 2 rings (SSSR count). The second kappa shape index (κ2) is 12.4. The van der Waals surface area contributed by atoms with Crippen molar-refractivity contribution in [3.05, 3.63) is 29.3 Å². The van der Waals surface area contributed by atoms with Gasteiger partial charge in [0, 0.05) is 24.2 Å². The second-order valence-electron chi connectivity index (χ2n) is 8.75. The first-order chi connectivity index (χ1) is 15.2. The number of carbonyl (C=O) groups is 2. The number of hydrogen-bond acceptors (Lipinski definition) is 4. The molecule has 1 aromatic rings. The van der Waals surface area contributed by atoms with Crippen LogP contribution < -0.4 is 20.7 Å². The fourth-order valence-electron chi connectivity index (χ4n) is 3.84. The van der Waals surface area contributed by atoms with Gasteiger partial charge in [-0.1, -0.05) is 46.0 Å². The monoisotopic (exact) mass is 452 g/mol. The van der Waals surface area contributed by atoms with Crippen LogP contribution in [0.2, 0.25) is 0 Å². The van der Waals surface area contributed by atoms with Gasteiger partial charge >= 0.3 is 0 Å². The summed E-state index contributed by atoms with van der Waals surface area (Å²) in [5.74, 6) is -2.50. The zero-order valence-electron chi connectivity index (χ0n) is 19.0. The number of guanidine groups is 1. The van der Waals surface area contributed by atoms with Crippen LogP contribution in [0.15, 0.2) is 12.1 Å². The molecule has 0 saturated heterocycles. The van der Waals surface area contributed by atoms with Crippen molar-refractivity contribution in [2.24, 2.45) is 11.8 Å². The lowest BCUT2D eigenvalue weighted by Crippen LogP contribution is -2.52. The molecule has 9 heteroatoms. The predicted molar refractivity (Wildman–Crippen MR) is 118 cm³/mol. The van der Waals surface area contributed by atoms with E-state index in [0.717, 1.165) is 37.8 Å². The fourth-order valence-corrected chi connectivity index (χ4v) is 3.84. The Morgan fingerprint density at radius 3 is 2.34 bits per heavy atom. The molecular formula is C23H34F2N4O3. The highest BCUT2D eigenvalue weighted by atomic mass is 19.1. The zero-order valence-corrected chi connectivity index (χ0v) is 19.0. The molecule has 178 valence electrons. The lowest BCUT2D eigenvalue weighted by molar-refractivity contribution is -0.123. The number of hydrogen-bond donors (Lipinski definition) is 4. The molecule has 1 atom stereocenters. The van der Waals surface area contributed by atoms with Gasteiger partial charge in [-0.25, -0.2) is 8.78 Å². The maximum atomic E-state index is 14.1. The normalized spacial score (nSPS) is 15.2. The van der Waals surface area contributed by atoms with Crippen LogP contribution in [0.4, 0.5) is 8.78 Å². The Labute approximate surface area is 188 Å². The first-order valence-electron chi connectivity index (χ1n) is 11.1. The summed E-state index contributed by atoms with van der Waals surface area (Å²) >= 11 is 0. The Morgan fingerprint density at radius 2 is 1.78 bits per heavy atom. The standard InChI is InChI=1S/C23H34F2N4O3/c1-14(2)13-27-22(31)20(9-15-7-5-4-6-8-15)28-23(26)29-21(30)12-17-18(24)10-16(32-3)11-19(17)25/h10-11,14-15,20H,4-9,12-13H2,1-3H3,(H,27,31)(H3,26,28,29,30)/t20-/m1/s1. The molecule has 32 heavy (non-hydrogen) atoms. The van der Waals surface area contributed by atoms with E-state index in [2.05, 4.69) is 16.0 Å². The molecule has 1 aliphatic carbocycles. The van der Waals surface area contributed by atoms with Gasteiger partial charge in [-0.15, -0.1) is 0 Å². The maximum Gasteiger partial charge on any atom is 0.242 e. The van der Waals surface area contributed by atoms with Crippen molar-refractivity contribution < 1.29 is 23.1 Å². The Kier molecular flexibility index (Phi) is 9.87. The van der Waals surface area contributed by atoms with Gasteiger partial charge < -0.3 is 15.4 Å². The van der Waals surface area contributed by atoms with Gasteiger partial charge in [0.2, 0.25) is 11.8 Å². The first kappa shape index (κ1) is 25.5. The highest BCUT2D eigenvalue weighted by Gasteiger charge is 2.26. The smallest absolute Gasteiger partial charge is 0.242 e. The molecule has 0 unspecified atom stereocenters. The van der Waals surface area contributed by atoms with Crippen molar-refractivity contribution in [2.45, 2.75) is 64.8 Å².